The summed E-state index contributed by atoms with van der Waals surface area (Å²) in [6.45, 7) is 5.54. The highest BCUT2D eigenvalue weighted by Crippen LogP contribution is 2.24. The lowest BCUT2D eigenvalue weighted by molar-refractivity contribution is 0.352. The van der Waals surface area contributed by atoms with Crippen molar-refractivity contribution in [3.63, 3.8) is 0 Å². The topological polar surface area (TPSA) is 84.1 Å². The van der Waals surface area contributed by atoms with Gasteiger partial charge in [-0.3, -0.25) is 0 Å². The van der Waals surface area contributed by atoms with Gasteiger partial charge in [-0.05, 0) is 43.7 Å². The fourth-order valence-corrected chi connectivity index (χ4v) is 4.61. The number of sulfone groups is 1. The second-order valence-electron chi connectivity index (χ2n) is 7.74. The molecule has 0 amide bonds. The zero-order chi connectivity index (χ0) is 20.9. The quantitative estimate of drug-likeness (QED) is 0.572. The van der Waals surface area contributed by atoms with Gasteiger partial charge < -0.3 is 19.4 Å². The zero-order valence-electron chi connectivity index (χ0n) is 17.2. The first-order chi connectivity index (χ1) is 13.8. The van der Waals surface area contributed by atoms with Crippen molar-refractivity contribution in [3.05, 3.63) is 54.0 Å². The second-order valence-corrected chi connectivity index (χ2v) is 10.5. The molecular formula is C21H29N3O4S. The molecule has 1 N–H and O–H groups in total. The molecule has 1 aromatic heterocycles. The Balaban J connectivity index is 1.73. The molecular weight excluding hydrogens is 390 g/mol. The van der Waals surface area contributed by atoms with Crippen molar-refractivity contribution in [2.24, 2.45) is 4.99 Å². The minimum Gasteiger partial charge on any atom is -0.497 e. The number of methoxy groups -OCH3 is 1. The van der Waals surface area contributed by atoms with E-state index in [4.69, 9.17) is 14.1 Å². The molecule has 158 valence electrons. The minimum atomic E-state index is -3.11. The fraction of sp³-hybridized carbons (Fsp3) is 0.476. The Kier molecular flexibility index (Phi) is 6.52. The highest BCUT2D eigenvalue weighted by atomic mass is 32.2. The highest BCUT2D eigenvalue weighted by Gasteiger charge is 2.41. The summed E-state index contributed by atoms with van der Waals surface area (Å²) >= 11 is 0. The molecule has 0 aliphatic carbocycles. The smallest absolute Gasteiger partial charge is 0.194 e. The number of hydrogen-bond acceptors (Lipinski definition) is 5. The fourth-order valence-electron chi connectivity index (χ4n) is 3.24. The third-order valence-corrected chi connectivity index (χ3v) is 7.68. The molecule has 1 saturated heterocycles. The van der Waals surface area contributed by atoms with Crippen LogP contribution in [0.1, 0.15) is 25.2 Å². The number of nitrogens with one attached hydrogen (secondary N) is 1. The van der Waals surface area contributed by atoms with Crippen LogP contribution in [0.2, 0.25) is 0 Å². The Labute approximate surface area is 172 Å². The van der Waals surface area contributed by atoms with Crippen molar-refractivity contribution in [2.75, 3.05) is 32.5 Å². The Morgan fingerprint density at radius 2 is 2.03 bits per heavy atom. The molecule has 7 nitrogen and oxygen atoms in total. The van der Waals surface area contributed by atoms with Crippen LogP contribution >= 0.6 is 0 Å². The molecule has 1 aromatic carbocycles. The molecule has 0 radical (unpaired) electrons. The van der Waals surface area contributed by atoms with E-state index in [1.54, 1.807) is 27.2 Å². The number of hydrogen-bond donors (Lipinski definition) is 1. The molecule has 8 heteroatoms. The first-order valence-electron chi connectivity index (χ1n) is 9.72. The first kappa shape index (κ1) is 21.2. The largest absolute Gasteiger partial charge is 0.497 e. The normalized spacial score (nSPS) is 18.4. The van der Waals surface area contributed by atoms with E-state index < -0.39 is 14.6 Å². The number of nitrogens with zero attached hydrogens (tertiary/aromatic N) is 2. The monoisotopic (exact) mass is 419 g/mol. The van der Waals surface area contributed by atoms with Gasteiger partial charge in [-0.15, -0.1) is 0 Å². The van der Waals surface area contributed by atoms with E-state index in [1.165, 1.54) is 0 Å². The maximum absolute atomic E-state index is 12.4. The van der Waals surface area contributed by atoms with Gasteiger partial charge in [-0.1, -0.05) is 12.1 Å². The van der Waals surface area contributed by atoms with E-state index in [1.807, 2.05) is 41.3 Å². The van der Waals surface area contributed by atoms with Gasteiger partial charge in [0.25, 0.3) is 0 Å². The van der Waals surface area contributed by atoms with E-state index in [2.05, 4.69) is 5.32 Å². The van der Waals surface area contributed by atoms with Crippen LogP contribution in [0.4, 0.5) is 0 Å². The summed E-state index contributed by atoms with van der Waals surface area (Å²) in [5.74, 6) is 2.54. The predicted octanol–water partition coefficient (Wildman–Crippen LogP) is 2.49. The van der Waals surface area contributed by atoms with Crippen molar-refractivity contribution in [3.8, 4) is 5.75 Å². The van der Waals surface area contributed by atoms with Gasteiger partial charge >= 0.3 is 0 Å². The lowest BCUT2D eigenvalue weighted by atomic mass is 10.2. The number of ether oxygens (including phenoxy) is 1. The highest BCUT2D eigenvalue weighted by molar-refractivity contribution is 7.92. The lowest BCUT2D eigenvalue weighted by Gasteiger charge is -2.39. The molecule has 2 aromatic rings. The van der Waals surface area contributed by atoms with Gasteiger partial charge in [0.1, 0.15) is 11.5 Å². The maximum atomic E-state index is 12.4. The van der Waals surface area contributed by atoms with Gasteiger partial charge in [-0.2, -0.15) is 0 Å². The number of guanidine groups is 1. The summed E-state index contributed by atoms with van der Waals surface area (Å²) in [5, 5.41) is 3.38. The van der Waals surface area contributed by atoms with Gasteiger partial charge in [0.15, 0.2) is 15.8 Å². The van der Waals surface area contributed by atoms with Crippen molar-refractivity contribution in [1.29, 1.82) is 0 Å². The Morgan fingerprint density at radius 3 is 2.66 bits per heavy atom. The molecule has 29 heavy (non-hydrogen) atoms. The predicted molar refractivity (Wildman–Crippen MR) is 114 cm³/mol. The molecule has 0 spiro atoms. The van der Waals surface area contributed by atoms with Gasteiger partial charge in [0.2, 0.25) is 0 Å². The standard InChI is InChI=1S/C21H29N3O4S/c1-21(2)16-24(12-14-29(21,25)26)20(22-11-10-19-5-4-13-28-19)23-15-17-6-8-18(27-3)9-7-17/h4-9,13H,10-12,14-16H2,1-3H3,(H,22,23). The summed E-state index contributed by atoms with van der Waals surface area (Å²) in [5.41, 5.74) is 1.06. The number of furan rings is 1. The molecule has 3 rings (SSSR count). The molecule has 0 unspecified atom stereocenters. The van der Waals surface area contributed by atoms with Crippen molar-refractivity contribution < 1.29 is 17.6 Å². The molecule has 2 heterocycles. The van der Waals surface area contributed by atoms with Crippen molar-refractivity contribution in [1.82, 2.24) is 10.2 Å². The number of aliphatic imine (C=N–C) groups is 1. The molecule has 0 bridgehead atoms. The van der Waals surface area contributed by atoms with Crippen LogP contribution in [0.15, 0.2) is 52.1 Å². The Bertz CT molecular complexity index is 919. The number of benzene rings is 1. The van der Waals surface area contributed by atoms with E-state index in [-0.39, 0.29) is 5.75 Å². The van der Waals surface area contributed by atoms with Crippen LogP contribution < -0.4 is 10.1 Å². The van der Waals surface area contributed by atoms with Crippen molar-refractivity contribution >= 4 is 15.8 Å². The van der Waals surface area contributed by atoms with Gasteiger partial charge in [0.05, 0.1) is 30.4 Å². The van der Waals surface area contributed by atoms with Crippen LogP contribution in [0.5, 0.6) is 5.75 Å². The van der Waals surface area contributed by atoms with Crippen LogP contribution in [0.25, 0.3) is 0 Å². The van der Waals surface area contributed by atoms with E-state index >= 15 is 0 Å². The summed E-state index contributed by atoms with van der Waals surface area (Å²) < 4.78 is 34.5. The van der Waals surface area contributed by atoms with Crippen LogP contribution in [-0.4, -0.2) is 56.5 Å². The van der Waals surface area contributed by atoms with E-state index in [0.717, 1.165) is 29.5 Å². The average Bonchev–Trinajstić information content (AvgIpc) is 3.21. The SMILES string of the molecule is COc1ccc(CN=C(NCCc2ccco2)N2CCS(=O)(=O)C(C)(C)C2)cc1. The van der Waals surface area contributed by atoms with Gasteiger partial charge in [-0.25, -0.2) is 13.4 Å². The summed E-state index contributed by atoms with van der Waals surface area (Å²) in [6.07, 6.45) is 2.39. The summed E-state index contributed by atoms with van der Waals surface area (Å²) in [6, 6.07) is 11.6. The average molecular weight is 420 g/mol. The van der Waals surface area contributed by atoms with Crippen LogP contribution in [0, 0.1) is 0 Å². The van der Waals surface area contributed by atoms with Crippen molar-refractivity contribution in [2.45, 2.75) is 31.6 Å². The Hall–Kier alpha value is -2.48. The molecule has 1 aliphatic heterocycles. The summed E-state index contributed by atoms with van der Waals surface area (Å²) in [7, 11) is -1.47. The zero-order valence-corrected chi connectivity index (χ0v) is 18.0. The summed E-state index contributed by atoms with van der Waals surface area (Å²) in [4.78, 5) is 6.80. The molecule has 1 fully saturated rings. The third kappa shape index (κ3) is 5.32. The third-order valence-electron chi connectivity index (χ3n) is 5.15. The first-order valence-corrected chi connectivity index (χ1v) is 11.4. The van der Waals surface area contributed by atoms with Gasteiger partial charge in [0, 0.05) is 26.1 Å². The number of rotatable bonds is 6. The van der Waals surface area contributed by atoms with Crippen LogP contribution in [0.3, 0.4) is 0 Å². The second kappa shape index (κ2) is 8.90. The molecule has 0 saturated carbocycles. The minimum absolute atomic E-state index is 0.126. The van der Waals surface area contributed by atoms with E-state index in [9.17, 15) is 8.42 Å². The molecule has 1 aliphatic rings. The lowest BCUT2D eigenvalue weighted by Crippen LogP contribution is -2.57. The van der Waals surface area contributed by atoms with Crippen LogP contribution in [-0.2, 0) is 22.8 Å². The molecule has 0 atom stereocenters. The van der Waals surface area contributed by atoms with E-state index in [0.29, 0.717) is 26.2 Å². The Morgan fingerprint density at radius 1 is 1.28 bits per heavy atom. The maximum Gasteiger partial charge on any atom is 0.194 e.